The molecule has 2 aromatic rings. The number of benzene rings is 2. The highest BCUT2D eigenvalue weighted by Crippen LogP contribution is 2.31. The molecule has 4 rings (SSSR count). The summed E-state index contributed by atoms with van der Waals surface area (Å²) in [6, 6.07) is 15.4. The zero-order chi connectivity index (χ0) is 20.4. The number of rotatable bonds is 3. The van der Waals surface area contributed by atoms with Gasteiger partial charge in [-0.25, -0.2) is 4.39 Å². The topological polar surface area (TPSA) is 53.1 Å². The minimum Gasteiger partial charge on any atom is -0.368 e. The molecule has 7 heteroatoms. The van der Waals surface area contributed by atoms with Gasteiger partial charge in [-0.15, -0.1) is 0 Å². The number of para-hydroxylation sites is 1. The van der Waals surface area contributed by atoms with Gasteiger partial charge in [-0.05, 0) is 29.8 Å². The molecule has 152 valence electrons. The van der Waals surface area contributed by atoms with E-state index in [4.69, 9.17) is 4.74 Å². The molecule has 2 aromatic carbocycles. The Hall–Kier alpha value is -2.93. The second kappa shape index (κ2) is 8.21. The zero-order valence-corrected chi connectivity index (χ0v) is 16.3. The molecule has 0 spiro atoms. The van der Waals surface area contributed by atoms with E-state index in [9.17, 15) is 14.0 Å². The molecule has 0 saturated carbocycles. The Morgan fingerprint density at radius 3 is 2.31 bits per heavy atom. The van der Waals surface area contributed by atoms with Crippen molar-refractivity contribution >= 4 is 17.5 Å². The number of anilines is 1. The number of morpholine rings is 1. The monoisotopic (exact) mass is 397 g/mol. The number of carbonyl (C=O) groups excluding carboxylic acids is 2. The van der Waals surface area contributed by atoms with Crippen molar-refractivity contribution in [3.63, 3.8) is 0 Å². The summed E-state index contributed by atoms with van der Waals surface area (Å²) in [5.41, 5.74) is 1.83. The van der Waals surface area contributed by atoms with Gasteiger partial charge in [0.2, 0.25) is 5.91 Å². The number of piperazine rings is 1. The van der Waals surface area contributed by atoms with Crippen LogP contribution in [0, 0.1) is 5.82 Å². The highest BCUT2D eigenvalue weighted by molar-refractivity contribution is 5.86. The smallest absolute Gasteiger partial charge is 0.254 e. The lowest BCUT2D eigenvalue weighted by Gasteiger charge is -2.42. The summed E-state index contributed by atoms with van der Waals surface area (Å²) in [5, 5.41) is 0. The summed E-state index contributed by atoms with van der Waals surface area (Å²) in [5.74, 6) is -0.692. The van der Waals surface area contributed by atoms with E-state index in [2.05, 4.69) is 17.0 Å². The van der Waals surface area contributed by atoms with Crippen molar-refractivity contribution < 1.29 is 18.7 Å². The molecule has 2 atom stereocenters. The summed E-state index contributed by atoms with van der Waals surface area (Å²) in [6.07, 6.45) is -0.800. The van der Waals surface area contributed by atoms with Crippen LogP contribution >= 0.6 is 0 Å². The second-order valence-corrected chi connectivity index (χ2v) is 7.38. The van der Waals surface area contributed by atoms with Gasteiger partial charge in [0.15, 0.2) is 6.10 Å². The maximum atomic E-state index is 13.4. The minimum atomic E-state index is -0.800. The summed E-state index contributed by atoms with van der Waals surface area (Å²) < 4.78 is 19.1. The lowest BCUT2D eigenvalue weighted by molar-refractivity contribution is -0.167. The van der Waals surface area contributed by atoms with Crippen molar-refractivity contribution in [3.8, 4) is 0 Å². The largest absolute Gasteiger partial charge is 0.368 e. The molecule has 29 heavy (non-hydrogen) atoms. The number of carbonyl (C=O) groups is 2. The van der Waals surface area contributed by atoms with Gasteiger partial charge in [0.1, 0.15) is 12.4 Å². The van der Waals surface area contributed by atoms with Crippen LogP contribution in [-0.2, 0) is 14.3 Å². The molecule has 0 N–H and O–H groups in total. The number of nitrogens with zero attached hydrogens (tertiary/aromatic N) is 3. The highest BCUT2D eigenvalue weighted by Gasteiger charge is 2.42. The number of hydrogen-bond donors (Lipinski definition) is 0. The average Bonchev–Trinajstić information content (AvgIpc) is 2.76. The quantitative estimate of drug-likeness (QED) is 0.796. The number of ether oxygens (including phenoxy) is 1. The first kappa shape index (κ1) is 19.4. The average molecular weight is 397 g/mol. The maximum absolute atomic E-state index is 13.4. The van der Waals surface area contributed by atoms with E-state index in [-0.39, 0.29) is 24.2 Å². The summed E-state index contributed by atoms with van der Waals surface area (Å²) in [6.45, 7) is 2.51. The van der Waals surface area contributed by atoms with E-state index in [1.165, 1.54) is 17.0 Å². The van der Waals surface area contributed by atoms with Crippen LogP contribution < -0.4 is 4.90 Å². The van der Waals surface area contributed by atoms with Crippen molar-refractivity contribution in [2.45, 2.75) is 12.1 Å². The van der Waals surface area contributed by atoms with Crippen molar-refractivity contribution in [1.82, 2.24) is 9.80 Å². The fourth-order valence-electron chi connectivity index (χ4n) is 3.98. The van der Waals surface area contributed by atoms with E-state index in [1.807, 2.05) is 18.2 Å². The Labute approximate surface area is 169 Å². The first-order valence-corrected chi connectivity index (χ1v) is 9.76. The van der Waals surface area contributed by atoms with Crippen LogP contribution in [0.15, 0.2) is 54.6 Å². The Balaban J connectivity index is 1.49. The van der Waals surface area contributed by atoms with Gasteiger partial charge in [0.25, 0.3) is 5.91 Å². The van der Waals surface area contributed by atoms with Crippen LogP contribution in [0.1, 0.15) is 11.6 Å². The lowest BCUT2D eigenvalue weighted by Crippen LogP contribution is -2.57. The molecule has 0 aromatic heterocycles. The number of hydrogen-bond acceptors (Lipinski definition) is 4. The van der Waals surface area contributed by atoms with Gasteiger partial charge >= 0.3 is 0 Å². The van der Waals surface area contributed by atoms with Crippen LogP contribution in [0.4, 0.5) is 10.1 Å². The number of amides is 2. The molecular formula is C22H24FN3O3. The van der Waals surface area contributed by atoms with Crippen molar-refractivity contribution in [1.29, 1.82) is 0 Å². The number of likely N-dealkylation sites (N-methyl/N-ethyl adjacent to an activating group) is 1. The molecule has 2 fully saturated rings. The van der Waals surface area contributed by atoms with Gasteiger partial charge in [-0.2, -0.15) is 0 Å². The van der Waals surface area contributed by atoms with Crippen LogP contribution in [0.25, 0.3) is 0 Å². The van der Waals surface area contributed by atoms with E-state index in [0.29, 0.717) is 18.7 Å². The molecule has 2 saturated heterocycles. The van der Waals surface area contributed by atoms with Gasteiger partial charge < -0.3 is 19.4 Å². The van der Waals surface area contributed by atoms with E-state index in [0.717, 1.165) is 18.8 Å². The minimum absolute atomic E-state index is 0.130. The van der Waals surface area contributed by atoms with E-state index >= 15 is 0 Å². The molecule has 2 amide bonds. The van der Waals surface area contributed by atoms with Crippen LogP contribution in [0.5, 0.6) is 0 Å². The molecule has 0 unspecified atom stereocenters. The predicted octanol–water partition coefficient (Wildman–Crippen LogP) is 2.07. The molecule has 0 radical (unpaired) electrons. The van der Waals surface area contributed by atoms with E-state index < -0.39 is 12.1 Å². The van der Waals surface area contributed by atoms with Gasteiger partial charge in [0, 0.05) is 38.9 Å². The van der Waals surface area contributed by atoms with Crippen LogP contribution in [-0.4, -0.2) is 67.6 Å². The molecular weight excluding hydrogens is 373 g/mol. The summed E-state index contributed by atoms with van der Waals surface area (Å²) in [4.78, 5) is 31.0. The first-order chi connectivity index (χ1) is 14.0. The fourth-order valence-corrected chi connectivity index (χ4v) is 3.98. The second-order valence-electron chi connectivity index (χ2n) is 7.38. The Bertz CT molecular complexity index is 867. The Morgan fingerprint density at radius 2 is 1.66 bits per heavy atom. The molecule has 0 bridgehead atoms. The third-order valence-corrected chi connectivity index (χ3v) is 5.65. The zero-order valence-electron chi connectivity index (χ0n) is 16.3. The van der Waals surface area contributed by atoms with Crippen molar-refractivity contribution in [2.75, 3.05) is 44.7 Å². The van der Waals surface area contributed by atoms with Crippen molar-refractivity contribution in [3.05, 3.63) is 66.0 Å². The third-order valence-electron chi connectivity index (χ3n) is 5.65. The summed E-state index contributed by atoms with van der Waals surface area (Å²) >= 11 is 0. The molecule has 2 aliphatic rings. The van der Waals surface area contributed by atoms with Gasteiger partial charge in [-0.1, -0.05) is 30.3 Å². The highest BCUT2D eigenvalue weighted by atomic mass is 19.1. The van der Waals surface area contributed by atoms with Crippen LogP contribution in [0.2, 0.25) is 0 Å². The SMILES string of the molecule is CN1C(=O)CO[C@H](C(=O)N2CCN(c3ccccc3)CC2)[C@@H]1c1ccc(F)cc1. The number of halogens is 1. The van der Waals surface area contributed by atoms with Crippen molar-refractivity contribution in [2.24, 2.45) is 0 Å². The summed E-state index contributed by atoms with van der Waals surface area (Å²) in [7, 11) is 1.66. The normalized spacial score (nSPS) is 22.7. The Morgan fingerprint density at radius 1 is 1.00 bits per heavy atom. The first-order valence-electron chi connectivity index (χ1n) is 9.76. The molecule has 2 heterocycles. The lowest BCUT2D eigenvalue weighted by atomic mass is 9.97. The van der Waals surface area contributed by atoms with E-state index in [1.54, 1.807) is 24.1 Å². The maximum Gasteiger partial charge on any atom is 0.254 e. The van der Waals surface area contributed by atoms with Gasteiger partial charge in [0.05, 0.1) is 6.04 Å². The standard InChI is InChI=1S/C22H24FN3O3/c1-24-19(27)15-29-21(20(24)16-7-9-17(23)10-8-16)22(28)26-13-11-25(12-14-26)18-5-3-2-4-6-18/h2-10,20-21H,11-15H2,1H3/t20-,21-/m0/s1. The van der Waals surface area contributed by atoms with Crippen LogP contribution in [0.3, 0.4) is 0 Å². The third kappa shape index (κ3) is 3.96. The predicted molar refractivity (Wildman–Crippen MR) is 107 cm³/mol. The van der Waals surface area contributed by atoms with Gasteiger partial charge in [-0.3, -0.25) is 9.59 Å². The fraction of sp³-hybridized carbons (Fsp3) is 0.364. The molecule has 6 nitrogen and oxygen atoms in total. The molecule has 0 aliphatic carbocycles. The molecule has 2 aliphatic heterocycles. The Kier molecular flexibility index (Phi) is 5.49.